The summed E-state index contributed by atoms with van der Waals surface area (Å²) in [6.45, 7) is 0.435. The van der Waals surface area contributed by atoms with Gasteiger partial charge in [-0.3, -0.25) is 9.69 Å². The molecule has 0 radical (unpaired) electrons. The molecule has 7 heteroatoms. The zero-order chi connectivity index (χ0) is 16.2. The van der Waals surface area contributed by atoms with Gasteiger partial charge in [0.25, 0.3) is 0 Å². The molecule has 1 aromatic rings. The van der Waals surface area contributed by atoms with Crippen LogP contribution < -0.4 is 5.32 Å². The van der Waals surface area contributed by atoms with Gasteiger partial charge in [-0.2, -0.15) is 13.2 Å². The Morgan fingerprint density at radius 1 is 1.36 bits per heavy atom. The molecule has 1 aliphatic rings. The second-order valence-corrected chi connectivity index (χ2v) is 6.27. The van der Waals surface area contributed by atoms with Gasteiger partial charge in [0.1, 0.15) is 0 Å². The Labute approximate surface area is 132 Å². The number of benzene rings is 1. The average Bonchev–Trinajstić information content (AvgIpc) is 2.47. The molecule has 1 aromatic carbocycles. The van der Waals surface area contributed by atoms with Crippen molar-refractivity contribution in [2.45, 2.75) is 23.9 Å². The molecular weight excluding hydrogens is 313 g/mol. The number of piperidine rings is 1. The van der Waals surface area contributed by atoms with Crippen molar-refractivity contribution in [3.8, 4) is 0 Å². The number of nitrogens with one attached hydrogen (secondary N) is 1. The number of anilines is 1. The summed E-state index contributed by atoms with van der Waals surface area (Å²) in [6.07, 6.45) is -1.60. The van der Waals surface area contributed by atoms with Gasteiger partial charge in [-0.15, -0.1) is 11.8 Å². The number of carbonyl (C=O) groups is 1. The SMILES string of the molecule is CSc1ccc(NC(=O)CN2CCC[C@H](C(F)(F)F)C2)cc1. The summed E-state index contributed by atoms with van der Waals surface area (Å²) >= 11 is 1.60. The Hall–Kier alpha value is -1.21. The van der Waals surface area contributed by atoms with Gasteiger partial charge in [-0.1, -0.05) is 0 Å². The third-order valence-corrected chi connectivity index (χ3v) is 4.45. The molecule has 1 atom stereocenters. The van der Waals surface area contributed by atoms with Crippen LogP contribution in [0.25, 0.3) is 0 Å². The molecule has 1 saturated heterocycles. The Bertz CT molecular complexity index is 505. The number of likely N-dealkylation sites (tertiary alicyclic amines) is 1. The predicted octanol–water partition coefficient (Wildman–Crippen LogP) is 3.62. The number of halogens is 3. The molecule has 1 heterocycles. The second kappa shape index (κ2) is 7.37. The molecule has 3 nitrogen and oxygen atoms in total. The van der Waals surface area contributed by atoms with Crippen molar-refractivity contribution in [3.63, 3.8) is 0 Å². The number of alkyl halides is 3. The fourth-order valence-corrected chi connectivity index (χ4v) is 2.95. The Balaban J connectivity index is 1.85. The maximum Gasteiger partial charge on any atom is 0.393 e. The Morgan fingerprint density at radius 3 is 2.64 bits per heavy atom. The van der Waals surface area contributed by atoms with Crippen molar-refractivity contribution in [2.24, 2.45) is 5.92 Å². The Kier molecular flexibility index (Phi) is 5.74. The van der Waals surface area contributed by atoms with Crippen LogP contribution in [-0.4, -0.2) is 42.9 Å². The lowest BCUT2D eigenvalue weighted by molar-refractivity contribution is -0.186. The zero-order valence-electron chi connectivity index (χ0n) is 12.3. The fourth-order valence-electron chi connectivity index (χ4n) is 2.54. The molecule has 1 aliphatic heterocycles. The van der Waals surface area contributed by atoms with E-state index in [4.69, 9.17) is 0 Å². The quantitative estimate of drug-likeness (QED) is 0.855. The van der Waals surface area contributed by atoms with E-state index in [0.717, 1.165) is 4.90 Å². The van der Waals surface area contributed by atoms with E-state index >= 15 is 0 Å². The minimum Gasteiger partial charge on any atom is -0.325 e. The molecule has 0 spiro atoms. The maximum atomic E-state index is 12.7. The monoisotopic (exact) mass is 332 g/mol. The molecule has 0 aliphatic carbocycles. The number of hydrogen-bond donors (Lipinski definition) is 1. The van der Waals surface area contributed by atoms with Gasteiger partial charge in [-0.05, 0) is 49.9 Å². The number of carbonyl (C=O) groups excluding carboxylic acids is 1. The summed E-state index contributed by atoms with van der Waals surface area (Å²) in [5.41, 5.74) is 0.659. The van der Waals surface area contributed by atoms with E-state index in [1.165, 1.54) is 0 Å². The van der Waals surface area contributed by atoms with Crippen LogP contribution in [0.5, 0.6) is 0 Å². The number of hydrogen-bond acceptors (Lipinski definition) is 3. The molecule has 122 valence electrons. The normalized spacial score (nSPS) is 19.9. The van der Waals surface area contributed by atoms with Crippen LogP contribution in [0.2, 0.25) is 0 Å². The lowest BCUT2D eigenvalue weighted by Crippen LogP contribution is -2.44. The number of nitrogens with zero attached hydrogens (tertiary/aromatic N) is 1. The van der Waals surface area contributed by atoms with Gasteiger partial charge in [0.2, 0.25) is 5.91 Å². The molecule has 0 bridgehead atoms. The van der Waals surface area contributed by atoms with Crippen molar-refractivity contribution in [3.05, 3.63) is 24.3 Å². The lowest BCUT2D eigenvalue weighted by Gasteiger charge is -2.33. The van der Waals surface area contributed by atoms with Crippen molar-refractivity contribution >= 4 is 23.4 Å². The average molecular weight is 332 g/mol. The summed E-state index contributed by atoms with van der Waals surface area (Å²) in [5, 5.41) is 2.72. The number of rotatable bonds is 4. The first-order chi connectivity index (χ1) is 10.4. The highest BCUT2D eigenvalue weighted by molar-refractivity contribution is 7.98. The summed E-state index contributed by atoms with van der Waals surface area (Å²) in [6, 6.07) is 7.36. The topological polar surface area (TPSA) is 32.3 Å². The third kappa shape index (κ3) is 4.91. The highest BCUT2D eigenvalue weighted by atomic mass is 32.2. The van der Waals surface area contributed by atoms with Crippen LogP contribution in [0.3, 0.4) is 0 Å². The first kappa shape index (κ1) is 17.1. The molecule has 1 N–H and O–H groups in total. The van der Waals surface area contributed by atoms with E-state index in [-0.39, 0.29) is 25.4 Å². The molecule has 0 saturated carbocycles. The van der Waals surface area contributed by atoms with E-state index < -0.39 is 12.1 Å². The molecule has 22 heavy (non-hydrogen) atoms. The van der Waals surface area contributed by atoms with E-state index in [2.05, 4.69) is 5.32 Å². The lowest BCUT2D eigenvalue weighted by atomic mass is 9.97. The highest BCUT2D eigenvalue weighted by Crippen LogP contribution is 2.32. The summed E-state index contributed by atoms with van der Waals surface area (Å²) in [7, 11) is 0. The first-order valence-corrected chi connectivity index (χ1v) is 8.34. The summed E-state index contributed by atoms with van der Waals surface area (Å²) < 4.78 is 38.2. The molecule has 1 amide bonds. The van der Waals surface area contributed by atoms with Crippen LogP contribution >= 0.6 is 11.8 Å². The van der Waals surface area contributed by atoms with E-state index in [9.17, 15) is 18.0 Å². The second-order valence-electron chi connectivity index (χ2n) is 5.39. The van der Waals surface area contributed by atoms with Gasteiger partial charge in [0.15, 0.2) is 0 Å². The van der Waals surface area contributed by atoms with E-state index in [1.807, 2.05) is 18.4 Å². The van der Waals surface area contributed by atoms with Crippen molar-refractivity contribution < 1.29 is 18.0 Å². The molecule has 0 aromatic heterocycles. The van der Waals surface area contributed by atoms with Gasteiger partial charge in [0.05, 0.1) is 12.5 Å². The molecule has 2 rings (SSSR count). The smallest absolute Gasteiger partial charge is 0.325 e. The number of thioether (sulfide) groups is 1. The van der Waals surface area contributed by atoms with Gasteiger partial charge in [0, 0.05) is 17.1 Å². The Morgan fingerprint density at radius 2 is 2.05 bits per heavy atom. The minimum atomic E-state index is -4.18. The van der Waals surface area contributed by atoms with Crippen molar-refractivity contribution in [2.75, 3.05) is 31.2 Å². The van der Waals surface area contributed by atoms with Crippen molar-refractivity contribution in [1.29, 1.82) is 0 Å². The van der Waals surface area contributed by atoms with Crippen LogP contribution in [0, 0.1) is 5.92 Å². The van der Waals surface area contributed by atoms with Gasteiger partial charge in [-0.25, -0.2) is 0 Å². The number of amides is 1. The molecular formula is C15H19F3N2OS. The standard InChI is InChI=1S/C15H19F3N2OS/c1-22-13-6-4-12(5-7-13)19-14(21)10-20-8-2-3-11(9-20)15(16,17)18/h4-7,11H,2-3,8-10H2,1H3,(H,19,21)/t11-/m0/s1. The van der Waals surface area contributed by atoms with Crippen LogP contribution in [0.4, 0.5) is 18.9 Å². The molecule has 1 fully saturated rings. The van der Waals surface area contributed by atoms with Crippen LogP contribution in [0.15, 0.2) is 29.2 Å². The predicted molar refractivity (Wildman–Crippen MR) is 82.1 cm³/mol. The summed E-state index contributed by atoms with van der Waals surface area (Å²) in [4.78, 5) is 14.6. The van der Waals surface area contributed by atoms with Gasteiger partial charge < -0.3 is 5.32 Å². The van der Waals surface area contributed by atoms with Crippen LogP contribution in [0.1, 0.15) is 12.8 Å². The van der Waals surface area contributed by atoms with Crippen molar-refractivity contribution in [1.82, 2.24) is 4.90 Å². The first-order valence-electron chi connectivity index (χ1n) is 7.11. The highest BCUT2D eigenvalue weighted by Gasteiger charge is 2.41. The van der Waals surface area contributed by atoms with Gasteiger partial charge >= 0.3 is 6.18 Å². The fraction of sp³-hybridized carbons (Fsp3) is 0.533. The summed E-state index contributed by atoms with van der Waals surface area (Å²) in [5.74, 6) is -1.60. The largest absolute Gasteiger partial charge is 0.393 e. The van der Waals surface area contributed by atoms with Crippen LogP contribution in [-0.2, 0) is 4.79 Å². The minimum absolute atomic E-state index is 0.00312. The zero-order valence-corrected chi connectivity index (χ0v) is 13.1. The molecule has 0 unspecified atom stereocenters. The van der Waals surface area contributed by atoms with E-state index in [0.29, 0.717) is 18.7 Å². The third-order valence-electron chi connectivity index (χ3n) is 3.71. The maximum absolute atomic E-state index is 12.7. The van der Waals surface area contributed by atoms with E-state index in [1.54, 1.807) is 28.8 Å².